The van der Waals surface area contributed by atoms with E-state index in [1.165, 1.54) is 0 Å². The Bertz CT molecular complexity index is 145. The molecule has 1 unspecified atom stereocenters. The molecule has 14 heavy (non-hydrogen) atoms. The van der Waals surface area contributed by atoms with E-state index in [1.54, 1.807) is 0 Å². The molecular formula is C11H22O3. The van der Waals surface area contributed by atoms with Gasteiger partial charge in [0.25, 0.3) is 0 Å². The first-order valence-corrected chi connectivity index (χ1v) is 5.48. The fourth-order valence-corrected chi connectivity index (χ4v) is 1.08. The first-order valence-electron chi connectivity index (χ1n) is 5.48. The van der Waals surface area contributed by atoms with Crippen LogP contribution in [0.1, 0.15) is 46.0 Å². The van der Waals surface area contributed by atoms with Crippen LogP contribution in [0.4, 0.5) is 0 Å². The van der Waals surface area contributed by atoms with Crippen molar-refractivity contribution in [3.63, 3.8) is 0 Å². The first kappa shape index (κ1) is 13.6. The number of unbranched alkanes of at least 4 members (excludes halogenated alkanes) is 1. The second-order valence-electron chi connectivity index (χ2n) is 3.50. The Morgan fingerprint density at radius 1 is 1.36 bits per heavy atom. The highest BCUT2D eigenvalue weighted by Gasteiger charge is 2.08. The Balaban J connectivity index is 3.26. The molecule has 0 aromatic carbocycles. The normalized spacial score (nSPS) is 12.8. The van der Waals surface area contributed by atoms with Gasteiger partial charge in [-0.15, -0.1) is 0 Å². The molecule has 0 aromatic heterocycles. The molecule has 1 atom stereocenters. The van der Waals surface area contributed by atoms with Crippen molar-refractivity contribution in [2.24, 2.45) is 0 Å². The lowest BCUT2D eigenvalue weighted by molar-refractivity contribution is -0.120. The Morgan fingerprint density at radius 3 is 2.64 bits per heavy atom. The highest BCUT2D eigenvalue weighted by molar-refractivity contribution is 5.78. The molecule has 1 N–H and O–H groups in total. The number of ether oxygens (including phenoxy) is 1. The largest absolute Gasteiger partial charge is 0.393 e. The highest BCUT2D eigenvalue weighted by Crippen LogP contribution is 2.01. The Morgan fingerprint density at radius 2 is 2.07 bits per heavy atom. The zero-order chi connectivity index (χ0) is 10.8. The molecule has 0 aliphatic carbocycles. The van der Waals surface area contributed by atoms with Crippen molar-refractivity contribution >= 4 is 5.78 Å². The smallest absolute Gasteiger partial charge is 0.135 e. The van der Waals surface area contributed by atoms with Crippen LogP contribution in [0.3, 0.4) is 0 Å². The summed E-state index contributed by atoms with van der Waals surface area (Å²) >= 11 is 0. The molecule has 0 aliphatic heterocycles. The number of carbonyl (C=O) groups is 1. The van der Waals surface area contributed by atoms with Crippen molar-refractivity contribution in [1.82, 2.24) is 0 Å². The molecule has 0 bridgehead atoms. The second kappa shape index (κ2) is 9.16. The van der Waals surface area contributed by atoms with Crippen molar-refractivity contribution < 1.29 is 14.6 Å². The van der Waals surface area contributed by atoms with Crippen molar-refractivity contribution in [2.75, 3.05) is 13.2 Å². The van der Waals surface area contributed by atoms with Crippen LogP contribution in [0.2, 0.25) is 0 Å². The van der Waals surface area contributed by atoms with Crippen LogP contribution in [0, 0.1) is 0 Å². The zero-order valence-corrected chi connectivity index (χ0v) is 9.29. The molecule has 3 nitrogen and oxygen atoms in total. The number of carbonyl (C=O) groups excluding carboxylic acids is 1. The van der Waals surface area contributed by atoms with Crippen molar-refractivity contribution in [1.29, 1.82) is 0 Å². The van der Waals surface area contributed by atoms with E-state index >= 15 is 0 Å². The lowest BCUT2D eigenvalue weighted by Crippen LogP contribution is -2.15. The molecule has 3 heteroatoms. The van der Waals surface area contributed by atoms with Gasteiger partial charge in [0.15, 0.2) is 0 Å². The van der Waals surface area contributed by atoms with Gasteiger partial charge in [-0.2, -0.15) is 0 Å². The van der Waals surface area contributed by atoms with E-state index < -0.39 is 6.10 Å². The van der Waals surface area contributed by atoms with Gasteiger partial charge in [-0.1, -0.05) is 20.3 Å². The number of aliphatic hydroxyl groups excluding tert-OH is 1. The van der Waals surface area contributed by atoms with Gasteiger partial charge in [0, 0.05) is 26.1 Å². The molecule has 0 spiro atoms. The number of hydrogen-bond donors (Lipinski definition) is 1. The molecule has 0 saturated carbocycles. The van der Waals surface area contributed by atoms with Gasteiger partial charge in [-0.05, 0) is 12.8 Å². The average Bonchev–Trinajstić information content (AvgIpc) is 2.17. The fraction of sp³-hybridized carbons (Fsp3) is 0.909. The number of Topliss-reactive ketones (excluding diaryl/α,β-unsaturated/α-hetero) is 1. The van der Waals surface area contributed by atoms with E-state index in [9.17, 15) is 9.90 Å². The van der Waals surface area contributed by atoms with Gasteiger partial charge in [-0.3, -0.25) is 4.79 Å². The van der Waals surface area contributed by atoms with E-state index in [-0.39, 0.29) is 12.2 Å². The van der Waals surface area contributed by atoms with Crippen molar-refractivity contribution in [2.45, 2.75) is 52.1 Å². The summed E-state index contributed by atoms with van der Waals surface area (Å²) in [4.78, 5) is 11.0. The molecule has 0 aliphatic rings. The topological polar surface area (TPSA) is 46.5 Å². The quantitative estimate of drug-likeness (QED) is 0.581. The van der Waals surface area contributed by atoms with Crippen molar-refractivity contribution in [3.8, 4) is 0 Å². The summed E-state index contributed by atoms with van der Waals surface area (Å²) in [6.07, 6.45) is 3.00. The molecule has 0 aromatic rings. The Kier molecular flexibility index (Phi) is 8.89. The van der Waals surface area contributed by atoms with Gasteiger partial charge in [0.2, 0.25) is 0 Å². The third-order valence-electron chi connectivity index (χ3n) is 2.10. The lowest BCUT2D eigenvalue weighted by atomic mass is 10.1. The number of ketones is 1. The summed E-state index contributed by atoms with van der Waals surface area (Å²) in [5.41, 5.74) is 0. The van der Waals surface area contributed by atoms with Crippen LogP contribution in [0.25, 0.3) is 0 Å². The predicted molar refractivity (Wildman–Crippen MR) is 56.3 cm³/mol. The van der Waals surface area contributed by atoms with E-state index in [1.807, 2.05) is 6.92 Å². The maximum atomic E-state index is 11.0. The van der Waals surface area contributed by atoms with Crippen LogP contribution in [0.5, 0.6) is 0 Å². The third-order valence-corrected chi connectivity index (χ3v) is 2.10. The lowest BCUT2D eigenvalue weighted by Gasteiger charge is -2.09. The predicted octanol–water partition coefficient (Wildman–Crippen LogP) is 1.92. The molecule has 0 amide bonds. The van der Waals surface area contributed by atoms with Crippen LogP contribution < -0.4 is 0 Å². The summed E-state index contributed by atoms with van der Waals surface area (Å²) in [5.74, 6) is 0.117. The molecule has 0 saturated heterocycles. The second-order valence-corrected chi connectivity index (χ2v) is 3.50. The van der Waals surface area contributed by atoms with Gasteiger partial charge in [0.05, 0.1) is 6.10 Å². The summed E-state index contributed by atoms with van der Waals surface area (Å²) in [6, 6.07) is 0. The first-order chi connectivity index (χ1) is 6.70. The number of hydrogen-bond acceptors (Lipinski definition) is 3. The molecule has 0 heterocycles. The van der Waals surface area contributed by atoms with E-state index in [2.05, 4.69) is 6.92 Å². The standard InChI is InChI=1S/C11H22O3/c1-3-5-7-14-8-6-11(13)9-10(12)4-2/h11,13H,3-9H2,1-2H3. The minimum Gasteiger partial charge on any atom is -0.393 e. The Hall–Kier alpha value is -0.410. The van der Waals surface area contributed by atoms with Crippen LogP contribution in [-0.4, -0.2) is 30.2 Å². The SMILES string of the molecule is CCCCOCCC(O)CC(=O)CC. The van der Waals surface area contributed by atoms with Crippen LogP contribution in [-0.2, 0) is 9.53 Å². The minimum atomic E-state index is -0.524. The maximum absolute atomic E-state index is 11.0. The summed E-state index contributed by atoms with van der Waals surface area (Å²) < 4.78 is 5.29. The highest BCUT2D eigenvalue weighted by atomic mass is 16.5. The summed E-state index contributed by atoms with van der Waals surface area (Å²) in [7, 11) is 0. The van der Waals surface area contributed by atoms with Gasteiger partial charge in [0.1, 0.15) is 5.78 Å². The third kappa shape index (κ3) is 8.20. The van der Waals surface area contributed by atoms with Gasteiger partial charge >= 0.3 is 0 Å². The van der Waals surface area contributed by atoms with Gasteiger partial charge < -0.3 is 9.84 Å². The fourth-order valence-electron chi connectivity index (χ4n) is 1.08. The minimum absolute atomic E-state index is 0.117. The van der Waals surface area contributed by atoms with Crippen LogP contribution >= 0.6 is 0 Å². The summed E-state index contributed by atoms with van der Waals surface area (Å²) in [6.45, 7) is 5.23. The molecule has 0 fully saturated rings. The van der Waals surface area contributed by atoms with Gasteiger partial charge in [-0.25, -0.2) is 0 Å². The molecule has 0 rings (SSSR count). The van der Waals surface area contributed by atoms with Crippen LogP contribution in [0.15, 0.2) is 0 Å². The number of aliphatic hydroxyl groups is 1. The average molecular weight is 202 g/mol. The van der Waals surface area contributed by atoms with Crippen molar-refractivity contribution in [3.05, 3.63) is 0 Å². The molecule has 0 radical (unpaired) electrons. The van der Waals surface area contributed by atoms with E-state index in [0.717, 1.165) is 19.4 Å². The molecular weight excluding hydrogens is 180 g/mol. The Labute approximate surface area is 86.5 Å². The maximum Gasteiger partial charge on any atom is 0.135 e. The summed E-state index contributed by atoms with van der Waals surface area (Å²) in [5, 5.41) is 9.41. The molecule has 84 valence electrons. The number of rotatable bonds is 9. The zero-order valence-electron chi connectivity index (χ0n) is 9.29. The monoisotopic (exact) mass is 202 g/mol. The van der Waals surface area contributed by atoms with E-state index in [0.29, 0.717) is 19.4 Å². The van der Waals surface area contributed by atoms with E-state index in [4.69, 9.17) is 4.74 Å².